The van der Waals surface area contributed by atoms with Crippen LogP contribution in [0.4, 0.5) is 0 Å². The number of nitrogens with two attached hydrogens (primary N) is 1. The molecule has 0 saturated heterocycles. The smallest absolute Gasteiger partial charge is 0.429 e. The van der Waals surface area contributed by atoms with Crippen molar-refractivity contribution >= 4 is 36.4 Å². The summed E-state index contributed by atoms with van der Waals surface area (Å²) in [6.45, 7) is -0.448. The molecule has 2 aromatic carbocycles. The predicted molar refractivity (Wildman–Crippen MR) is 85.8 cm³/mol. The van der Waals surface area contributed by atoms with Gasteiger partial charge in [0.25, 0.3) is 0 Å². The van der Waals surface area contributed by atoms with Crippen molar-refractivity contribution in [2.75, 3.05) is 5.75 Å². The van der Waals surface area contributed by atoms with Crippen molar-refractivity contribution in [2.45, 2.75) is 6.04 Å². The lowest BCUT2D eigenvalue weighted by molar-refractivity contribution is -0.135. The highest BCUT2D eigenvalue weighted by molar-refractivity contribution is 7.80. The molecule has 0 saturated carbocycles. The Labute approximate surface area is 124 Å². The van der Waals surface area contributed by atoms with E-state index >= 15 is 0 Å². The zero-order valence-electron chi connectivity index (χ0n) is 11.0. The second-order valence-corrected chi connectivity index (χ2v) is 4.79. The quantitative estimate of drug-likeness (QED) is 0.624. The molecular formula is C15H16BNO2S. The molecule has 1 unspecified atom stereocenters. The molecule has 3 nitrogen and oxygen atoms in total. The first-order valence-corrected chi connectivity index (χ1v) is 7.02. The van der Waals surface area contributed by atoms with E-state index in [0.717, 1.165) is 10.9 Å². The third-order valence-electron chi connectivity index (χ3n) is 2.94. The second kappa shape index (κ2) is 7.17. The molecule has 0 aliphatic rings. The fourth-order valence-electron chi connectivity index (χ4n) is 1.86. The number of rotatable bonds is 5. The van der Waals surface area contributed by atoms with Crippen LogP contribution >= 0.6 is 12.6 Å². The monoisotopic (exact) mass is 285 g/mol. The number of carbonyl (C=O) groups excluding carboxylic acids is 1. The standard InChI is InChI=1S/C15H16BNO2S/c17-14(11-20)15(18)19-16(12-7-3-1-4-8-12)13-9-5-2-6-10-13/h1-10,14,20H,11,17H2. The molecule has 0 aliphatic heterocycles. The van der Waals surface area contributed by atoms with Gasteiger partial charge < -0.3 is 10.4 Å². The van der Waals surface area contributed by atoms with Gasteiger partial charge in [0.2, 0.25) is 0 Å². The fraction of sp³-hybridized carbons (Fsp3) is 0.133. The van der Waals surface area contributed by atoms with Crippen LogP contribution in [0.5, 0.6) is 0 Å². The van der Waals surface area contributed by atoms with Crippen LogP contribution in [0, 0.1) is 0 Å². The van der Waals surface area contributed by atoms with Gasteiger partial charge in [-0.05, 0) is 10.9 Å². The number of carbonyl (C=O) groups is 1. The largest absolute Gasteiger partial charge is 0.525 e. The van der Waals surface area contributed by atoms with Gasteiger partial charge in [-0.3, -0.25) is 4.79 Å². The van der Waals surface area contributed by atoms with Crippen LogP contribution in [0.25, 0.3) is 0 Å². The number of hydrogen-bond acceptors (Lipinski definition) is 4. The summed E-state index contributed by atoms with van der Waals surface area (Å²) in [5.41, 5.74) is 7.50. The molecule has 2 N–H and O–H groups in total. The van der Waals surface area contributed by atoms with Crippen molar-refractivity contribution < 1.29 is 9.45 Å². The van der Waals surface area contributed by atoms with E-state index < -0.39 is 18.9 Å². The zero-order chi connectivity index (χ0) is 14.4. The molecule has 0 aliphatic carbocycles. The van der Waals surface area contributed by atoms with Crippen molar-refractivity contribution in [2.24, 2.45) is 5.73 Å². The predicted octanol–water partition coefficient (Wildman–Crippen LogP) is 0.593. The van der Waals surface area contributed by atoms with E-state index in [-0.39, 0.29) is 5.75 Å². The fourth-order valence-corrected chi connectivity index (χ4v) is 2.01. The highest BCUT2D eigenvalue weighted by Crippen LogP contribution is 1.98. The van der Waals surface area contributed by atoms with Crippen molar-refractivity contribution in [3.63, 3.8) is 0 Å². The lowest BCUT2D eigenvalue weighted by Gasteiger charge is -2.17. The SMILES string of the molecule is NC(CS)C(=O)OB(c1ccccc1)c1ccccc1. The lowest BCUT2D eigenvalue weighted by atomic mass is 9.55. The zero-order valence-corrected chi connectivity index (χ0v) is 11.9. The van der Waals surface area contributed by atoms with Gasteiger partial charge in [0.15, 0.2) is 0 Å². The number of hydrogen-bond donors (Lipinski definition) is 2. The average molecular weight is 285 g/mol. The van der Waals surface area contributed by atoms with Crippen molar-refractivity contribution in [1.82, 2.24) is 0 Å². The molecule has 0 heterocycles. The van der Waals surface area contributed by atoms with E-state index in [0.29, 0.717) is 0 Å². The van der Waals surface area contributed by atoms with Crippen molar-refractivity contribution in [1.29, 1.82) is 0 Å². The van der Waals surface area contributed by atoms with Crippen LogP contribution in [0.2, 0.25) is 0 Å². The van der Waals surface area contributed by atoms with Crippen LogP contribution in [0.15, 0.2) is 60.7 Å². The Bertz CT molecular complexity index is 511. The summed E-state index contributed by atoms with van der Waals surface area (Å²) in [5, 5.41) is 0. The Morgan fingerprint density at radius 2 is 1.50 bits per heavy atom. The Morgan fingerprint density at radius 3 is 1.90 bits per heavy atom. The Morgan fingerprint density at radius 1 is 1.05 bits per heavy atom. The summed E-state index contributed by atoms with van der Waals surface area (Å²) < 4.78 is 5.56. The summed E-state index contributed by atoms with van der Waals surface area (Å²) in [7, 11) is 0. The van der Waals surface area contributed by atoms with Crippen molar-refractivity contribution in [3.05, 3.63) is 60.7 Å². The lowest BCUT2D eigenvalue weighted by Crippen LogP contribution is -2.49. The molecule has 2 rings (SSSR count). The van der Waals surface area contributed by atoms with Crippen LogP contribution in [-0.4, -0.2) is 24.7 Å². The molecule has 102 valence electrons. The van der Waals surface area contributed by atoms with Gasteiger partial charge in [-0.25, -0.2) is 0 Å². The molecule has 0 amide bonds. The van der Waals surface area contributed by atoms with Gasteiger partial charge in [-0.2, -0.15) is 12.6 Å². The summed E-state index contributed by atoms with van der Waals surface area (Å²) in [6.07, 6.45) is 0. The molecule has 2 aromatic rings. The molecule has 0 fully saturated rings. The topological polar surface area (TPSA) is 52.3 Å². The van der Waals surface area contributed by atoms with E-state index in [1.165, 1.54) is 0 Å². The second-order valence-electron chi connectivity index (χ2n) is 4.43. The van der Waals surface area contributed by atoms with E-state index in [1.807, 2.05) is 60.7 Å². The maximum absolute atomic E-state index is 11.9. The van der Waals surface area contributed by atoms with Gasteiger partial charge in [0, 0.05) is 5.75 Å². The van der Waals surface area contributed by atoms with Gasteiger partial charge in [-0.15, -0.1) is 0 Å². The minimum atomic E-state index is -0.715. The number of thiol groups is 1. The molecule has 0 radical (unpaired) electrons. The maximum Gasteiger partial charge on any atom is 0.429 e. The minimum absolute atomic E-state index is 0.259. The number of benzene rings is 2. The van der Waals surface area contributed by atoms with E-state index in [2.05, 4.69) is 12.6 Å². The van der Waals surface area contributed by atoms with Crippen LogP contribution < -0.4 is 16.7 Å². The van der Waals surface area contributed by atoms with Gasteiger partial charge in [0.1, 0.15) is 6.04 Å². The van der Waals surface area contributed by atoms with E-state index in [9.17, 15) is 4.79 Å². The first-order chi connectivity index (χ1) is 9.72. The molecule has 0 spiro atoms. The van der Waals surface area contributed by atoms with Crippen LogP contribution in [0.3, 0.4) is 0 Å². The summed E-state index contributed by atoms with van der Waals surface area (Å²) in [5.74, 6) is -0.188. The maximum atomic E-state index is 11.9. The highest BCUT2D eigenvalue weighted by Gasteiger charge is 2.27. The Hall–Kier alpha value is -1.72. The van der Waals surface area contributed by atoms with Crippen LogP contribution in [0.1, 0.15) is 0 Å². The van der Waals surface area contributed by atoms with Gasteiger partial charge in [-0.1, -0.05) is 60.7 Å². The molecule has 20 heavy (non-hydrogen) atoms. The van der Waals surface area contributed by atoms with E-state index in [4.69, 9.17) is 10.4 Å². The molecule has 1 atom stereocenters. The minimum Gasteiger partial charge on any atom is -0.525 e. The Kier molecular flexibility index (Phi) is 5.27. The third kappa shape index (κ3) is 3.65. The van der Waals surface area contributed by atoms with Crippen LogP contribution in [-0.2, 0) is 9.45 Å². The van der Waals surface area contributed by atoms with Gasteiger partial charge in [0.05, 0.1) is 0 Å². The molecule has 0 bridgehead atoms. The summed E-state index contributed by atoms with van der Waals surface area (Å²) >= 11 is 4.03. The molecule has 0 aromatic heterocycles. The summed E-state index contributed by atoms with van der Waals surface area (Å²) in [6, 6.07) is 18.5. The molecule has 5 heteroatoms. The highest BCUT2D eigenvalue weighted by atomic mass is 32.1. The first-order valence-electron chi connectivity index (χ1n) is 6.39. The van der Waals surface area contributed by atoms with E-state index in [1.54, 1.807) is 0 Å². The third-order valence-corrected chi connectivity index (χ3v) is 3.33. The summed E-state index contributed by atoms with van der Waals surface area (Å²) in [4.78, 5) is 11.9. The molecular weight excluding hydrogens is 269 g/mol. The van der Waals surface area contributed by atoms with Crippen molar-refractivity contribution in [3.8, 4) is 0 Å². The normalized spacial score (nSPS) is 11.7. The first kappa shape index (κ1) is 14.7. The Balaban J connectivity index is 2.28. The van der Waals surface area contributed by atoms with Gasteiger partial charge >= 0.3 is 12.9 Å². The average Bonchev–Trinajstić information content (AvgIpc) is 2.53.